The fourth-order valence-corrected chi connectivity index (χ4v) is 3.50. The van der Waals surface area contributed by atoms with E-state index >= 15 is 0 Å². The van der Waals surface area contributed by atoms with Crippen molar-refractivity contribution in [2.24, 2.45) is 0 Å². The number of carbonyl (C=O) groups excluding carboxylic acids is 3. The molecule has 0 spiro atoms. The Kier molecular flexibility index (Phi) is 7.19. The second kappa shape index (κ2) is 10.7. The number of nitro benzene ring substituents is 1. The standard InChI is InChI=1S/C25H19N3O10/c1-36-24(32)21-9-7-18(38-21)12-27-22(29)19(26-25(27)33)11-16-10-17(28(34)35)6-8-20(16)37-13-14-2-4-15(5-3-14)23(30)31/h2-11H,12-13H2,1H3,(H,26,33)(H,30,31)/b19-11-. The zero-order valence-electron chi connectivity index (χ0n) is 19.7. The summed E-state index contributed by atoms with van der Waals surface area (Å²) in [7, 11) is 1.18. The Morgan fingerprint density at radius 3 is 2.53 bits per heavy atom. The van der Waals surface area contributed by atoms with Crippen LogP contribution in [-0.2, 0) is 22.7 Å². The summed E-state index contributed by atoms with van der Waals surface area (Å²) >= 11 is 0. The Morgan fingerprint density at radius 2 is 1.87 bits per heavy atom. The van der Waals surface area contributed by atoms with Crippen molar-refractivity contribution in [1.82, 2.24) is 10.2 Å². The molecule has 0 radical (unpaired) electrons. The molecule has 13 nitrogen and oxygen atoms in total. The minimum Gasteiger partial charge on any atom is -0.488 e. The van der Waals surface area contributed by atoms with Gasteiger partial charge in [0.15, 0.2) is 0 Å². The number of non-ortho nitro benzene ring substituents is 1. The lowest BCUT2D eigenvalue weighted by Gasteiger charge is -2.11. The topological polar surface area (TPSA) is 179 Å². The molecule has 2 N–H and O–H groups in total. The number of esters is 1. The van der Waals surface area contributed by atoms with Crippen molar-refractivity contribution < 1.29 is 43.1 Å². The van der Waals surface area contributed by atoms with E-state index in [0.29, 0.717) is 5.56 Å². The summed E-state index contributed by atoms with van der Waals surface area (Å²) in [5, 5.41) is 22.8. The van der Waals surface area contributed by atoms with Gasteiger partial charge in [-0.1, -0.05) is 12.1 Å². The minimum atomic E-state index is -1.07. The van der Waals surface area contributed by atoms with E-state index in [0.717, 1.165) is 4.90 Å². The van der Waals surface area contributed by atoms with E-state index in [4.69, 9.17) is 14.3 Å². The number of furan rings is 1. The van der Waals surface area contributed by atoms with E-state index in [-0.39, 0.29) is 52.9 Å². The number of hydrogen-bond acceptors (Lipinski definition) is 9. The predicted molar refractivity (Wildman–Crippen MR) is 128 cm³/mol. The van der Waals surface area contributed by atoms with Crippen LogP contribution in [0, 0.1) is 10.1 Å². The summed E-state index contributed by atoms with van der Waals surface area (Å²) in [6, 6.07) is 11.7. The van der Waals surface area contributed by atoms with Crippen molar-refractivity contribution in [3.8, 4) is 5.75 Å². The number of methoxy groups -OCH3 is 1. The number of nitrogens with zero attached hydrogens (tertiary/aromatic N) is 2. The van der Waals surface area contributed by atoms with Gasteiger partial charge in [-0.2, -0.15) is 0 Å². The molecule has 4 rings (SSSR count). The lowest BCUT2D eigenvalue weighted by atomic mass is 10.1. The van der Waals surface area contributed by atoms with Gasteiger partial charge in [0.2, 0.25) is 5.76 Å². The normalized spacial score (nSPS) is 13.9. The van der Waals surface area contributed by atoms with Gasteiger partial charge in [0.1, 0.15) is 23.8 Å². The summed E-state index contributed by atoms with van der Waals surface area (Å²) in [6.07, 6.45) is 1.25. The van der Waals surface area contributed by atoms with E-state index in [1.807, 2.05) is 0 Å². The molecule has 1 saturated heterocycles. The predicted octanol–water partition coefficient (Wildman–Crippen LogP) is 3.34. The van der Waals surface area contributed by atoms with E-state index < -0.39 is 28.8 Å². The van der Waals surface area contributed by atoms with Gasteiger partial charge in [-0.25, -0.2) is 14.4 Å². The third kappa shape index (κ3) is 5.51. The van der Waals surface area contributed by atoms with Crippen LogP contribution in [0.1, 0.15) is 37.8 Å². The number of aromatic carboxylic acids is 1. The number of urea groups is 1. The Hall–Kier alpha value is -5.46. The number of ether oxygens (including phenoxy) is 2. The van der Waals surface area contributed by atoms with E-state index in [1.165, 1.54) is 55.7 Å². The van der Waals surface area contributed by atoms with Crippen molar-refractivity contribution in [3.05, 3.63) is 98.6 Å². The highest BCUT2D eigenvalue weighted by molar-refractivity contribution is 6.14. The number of imide groups is 1. The summed E-state index contributed by atoms with van der Waals surface area (Å²) in [6.45, 7) is -0.273. The van der Waals surface area contributed by atoms with Crippen LogP contribution < -0.4 is 10.1 Å². The van der Waals surface area contributed by atoms with Crippen LogP contribution in [0.4, 0.5) is 10.5 Å². The first-order valence-electron chi connectivity index (χ1n) is 10.9. The Labute approximate surface area is 214 Å². The molecule has 3 aromatic rings. The van der Waals surface area contributed by atoms with Gasteiger partial charge in [0.25, 0.3) is 11.6 Å². The number of benzene rings is 2. The molecule has 3 amide bonds. The minimum absolute atomic E-state index is 0.00132. The molecule has 0 atom stereocenters. The summed E-state index contributed by atoms with van der Waals surface area (Å²) in [5.41, 5.74) is 0.456. The molecule has 0 saturated carbocycles. The first kappa shape index (κ1) is 25.6. The smallest absolute Gasteiger partial charge is 0.373 e. The number of hydrogen-bond donors (Lipinski definition) is 2. The fourth-order valence-electron chi connectivity index (χ4n) is 3.50. The number of rotatable bonds is 9. The monoisotopic (exact) mass is 521 g/mol. The van der Waals surface area contributed by atoms with Crippen LogP contribution in [0.15, 0.2) is 64.7 Å². The molecule has 194 valence electrons. The number of carbonyl (C=O) groups is 4. The van der Waals surface area contributed by atoms with Crippen molar-refractivity contribution in [2.75, 3.05) is 7.11 Å². The molecule has 0 bridgehead atoms. The Balaban J connectivity index is 1.56. The summed E-state index contributed by atoms with van der Waals surface area (Å²) < 4.78 is 15.6. The van der Waals surface area contributed by atoms with Crippen LogP contribution in [0.5, 0.6) is 5.75 Å². The molecule has 13 heteroatoms. The number of nitrogens with one attached hydrogen (secondary N) is 1. The van der Waals surface area contributed by atoms with Crippen molar-refractivity contribution in [1.29, 1.82) is 0 Å². The maximum Gasteiger partial charge on any atom is 0.373 e. The molecule has 0 unspecified atom stereocenters. The van der Waals surface area contributed by atoms with Crippen LogP contribution in [0.25, 0.3) is 6.08 Å². The van der Waals surface area contributed by atoms with Crippen LogP contribution in [0.2, 0.25) is 0 Å². The van der Waals surface area contributed by atoms with E-state index in [2.05, 4.69) is 10.1 Å². The van der Waals surface area contributed by atoms with Crippen molar-refractivity contribution in [3.63, 3.8) is 0 Å². The highest BCUT2D eigenvalue weighted by atomic mass is 16.6. The first-order valence-corrected chi connectivity index (χ1v) is 10.9. The van der Waals surface area contributed by atoms with Gasteiger partial charge in [-0.05, 0) is 42.0 Å². The third-order valence-corrected chi connectivity index (χ3v) is 5.42. The second-order valence-electron chi connectivity index (χ2n) is 7.91. The Bertz CT molecular complexity index is 1470. The van der Waals surface area contributed by atoms with Gasteiger partial charge in [-0.15, -0.1) is 0 Å². The molecule has 1 fully saturated rings. The number of nitro groups is 1. The zero-order chi connectivity index (χ0) is 27.4. The van der Waals surface area contributed by atoms with Gasteiger partial charge < -0.3 is 24.3 Å². The number of amides is 3. The second-order valence-corrected chi connectivity index (χ2v) is 7.91. The van der Waals surface area contributed by atoms with Crippen LogP contribution in [-0.4, -0.2) is 45.9 Å². The fraction of sp³-hybridized carbons (Fsp3) is 0.120. The van der Waals surface area contributed by atoms with Gasteiger partial charge >= 0.3 is 18.0 Å². The maximum absolute atomic E-state index is 12.9. The SMILES string of the molecule is COC(=O)c1ccc(CN2C(=O)N/C(=C\c3cc([N+](=O)[O-])ccc3OCc3ccc(C(=O)O)cc3)C2=O)o1. The Morgan fingerprint density at radius 1 is 1.13 bits per heavy atom. The van der Waals surface area contributed by atoms with Gasteiger partial charge in [0.05, 0.1) is 24.1 Å². The summed E-state index contributed by atoms with van der Waals surface area (Å²) in [4.78, 5) is 59.5. The van der Waals surface area contributed by atoms with Crippen LogP contribution in [0.3, 0.4) is 0 Å². The molecule has 1 aliphatic rings. The molecule has 38 heavy (non-hydrogen) atoms. The molecular formula is C25H19N3O10. The molecule has 2 heterocycles. The average molecular weight is 521 g/mol. The van der Waals surface area contributed by atoms with Crippen molar-refractivity contribution >= 4 is 35.6 Å². The zero-order valence-corrected chi connectivity index (χ0v) is 19.7. The molecule has 1 aromatic heterocycles. The highest BCUT2D eigenvalue weighted by Crippen LogP contribution is 2.28. The van der Waals surface area contributed by atoms with Crippen LogP contribution >= 0.6 is 0 Å². The molecule has 0 aliphatic carbocycles. The number of carboxylic acid groups (broad SMARTS) is 1. The van der Waals surface area contributed by atoms with Gasteiger partial charge in [0, 0.05) is 17.7 Å². The van der Waals surface area contributed by atoms with E-state index in [1.54, 1.807) is 12.1 Å². The van der Waals surface area contributed by atoms with E-state index in [9.17, 15) is 29.3 Å². The number of carboxylic acids is 1. The lowest BCUT2D eigenvalue weighted by Crippen LogP contribution is -2.30. The lowest BCUT2D eigenvalue weighted by molar-refractivity contribution is -0.384. The first-order chi connectivity index (χ1) is 18.2. The van der Waals surface area contributed by atoms with Crippen molar-refractivity contribution in [2.45, 2.75) is 13.2 Å². The molecular weight excluding hydrogens is 502 g/mol. The molecule has 1 aliphatic heterocycles. The van der Waals surface area contributed by atoms with Gasteiger partial charge in [-0.3, -0.25) is 19.8 Å². The summed E-state index contributed by atoms with van der Waals surface area (Å²) in [5.74, 6) is -2.28. The highest BCUT2D eigenvalue weighted by Gasteiger charge is 2.34. The average Bonchev–Trinajstić information content (AvgIpc) is 3.48. The third-order valence-electron chi connectivity index (χ3n) is 5.42. The molecule has 2 aromatic carbocycles. The maximum atomic E-state index is 12.9. The largest absolute Gasteiger partial charge is 0.488 e. The quantitative estimate of drug-likeness (QED) is 0.139.